The van der Waals surface area contributed by atoms with Crippen molar-refractivity contribution in [3.8, 4) is 0 Å². The predicted octanol–water partition coefficient (Wildman–Crippen LogP) is 2.85. The summed E-state index contributed by atoms with van der Waals surface area (Å²) in [4.78, 5) is 42.7. The standard InChI is InChI=1S/C23H31N3O3/c1-17(27)26-11-10-19-16-20(7-8-21(19)26)23(29)25-14-12-24(13-15-25)22(28)9-6-18-4-2-3-5-18/h7-8,16,18H,2-6,9-15H2,1H3. The van der Waals surface area contributed by atoms with Crippen molar-refractivity contribution in [2.75, 3.05) is 37.6 Å². The molecule has 1 aliphatic carbocycles. The molecule has 3 amide bonds. The number of fused-ring (bicyclic) bond motifs is 1. The molecule has 0 aromatic heterocycles. The van der Waals surface area contributed by atoms with E-state index in [4.69, 9.17) is 0 Å². The average molecular weight is 398 g/mol. The molecule has 0 bridgehead atoms. The number of anilines is 1. The monoisotopic (exact) mass is 397 g/mol. The second kappa shape index (κ2) is 8.56. The fourth-order valence-corrected chi connectivity index (χ4v) is 4.99. The van der Waals surface area contributed by atoms with Crippen molar-refractivity contribution in [2.45, 2.75) is 51.9 Å². The Morgan fingerprint density at radius 2 is 1.66 bits per heavy atom. The molecule has 1 aromatic carbocycles. The number of benzene rings is 1. The maximum atomic E-state index is 12.9. The molecule has 0 unspecified atom stereocenters. The Morgan fingerprint density at radius 1 is 0.966 bits per heavy atom. The molecule has 1 aromatic rings. The molecule has 2 heterocycles. The summed E-state index contributed by atoms with van der Waals surface area (Å²) in [7, 11) is 0. The zero-order valence-corrected chi connectivity index (χ0v) is 17.4. The normalized spacial score (nSPS) is 19.6. The number of carbonyl (C=O) groups is 3. The third-order valence-corrected chi connectivity index (χ3v) is 6.76. The van der Waals surface area contributed by atoms with Gasteiger partial charge in [0.15, 0.2) is 0 Å². The van der Waals surface area contributed by atoms with Crippen molar-refractivity contribution in [3.63, 3.8) is 0 Å². The molecule has 6 heteroatoms. The minimum atomic E-state index is 0.0205. The number of nitrogens with zero attached hydrogens (tertiary/aromatic N) is 3. The van der Waals surface area contributed by atoms with Crippen molar-refractivity contribution in [1.82, 2.24) is 9.80 Å². The minimum absolute atomic E-state index is 0.0205. The second-order valence-corrected chi connectivity index (χ2v) is 8.63. The number of carbonyl (C=O) groups excluding carboxylic acids is 3. The van der Waals surface area contributed by atoms with Gasteiger partial charge in [-0.2, -0.15) is 0 Å². The average Bonchev–Trinajstić information content (AvgIpc) is 3.40. The van der Waals surface area contributed by atoms with Gasteiger partial charge in [0.1, 0.15) is 0 Å². The molecule has 156 valence electrons. The van der Waals surface area contributed by atoms with Gasteiger partial charge >= 0.3 is 0 Å². The van der Waals surface area contributed by atoms with Gasteiger partial charge in [-0.1, -0.05) is 25.7 Å². The molecule has 0 N–H and O–H groups in total. The Labute approximate surface area is 172 Å². The number of hydrogen-bond donors (Lipinski definition) is 0. The van der Waals surface area contributed by atoms with Crippen LogP contribution in [0.15, 0.2) is 18.2 Å². The zero-order valence-electron chi connectivity index (χ0n) is 17.4. The van der Waals surface area contributed by atoms with Gasteiger partial charge in [0.25, 0.3) is 5.91 Å². The van der Waals surface area contributed by atoms with Gasteiger partial charge in [-0.05, 0) is 42.5 Å². The van der Waals surface area contributed by atoms with Crippen LogP contribution in [0.5, 0.6) is 0 Å². The molecular formula is C23H31N3O3. The highest BCUT2D eigenvalue weighted by molar-refractivity contribution is 5.98. The maximum Gasteiger partial charge on any atom is 0.253 e. The van der Waals surface area contributed by atoms with Gasteiger partial charge < -0.3 is 14.7 Å². The van der Waals surface area contributed by atoms with Crippen molar-refractivity contribution in [1.29, 1.82) is 0 Å². The van der Waals surface area contributed by atoms with E-state index < -0.39 is 0 Å². The van der Waals surface area contributed by atoms with Crippen LogP contribution < -0.4 is 4.90 Å². The molecule has 1 saturated carbocycles. The van der Waals surface area contributed by atoms with Gasteiger partial charge in [0, 0.05) is 57.3 Å². The van der Waals surface area contributed by atoms with Crippen LogP contribution in [-0.4, -0.2) is 60.2 Å². The summed E-state index contributed by atoms with van der Waals surface area (Å²) in [5.74, 6) is 1.04. The van der Waals surface area contributed by atoms with Gasteiger partial charge in [-0.3, -0.25) is 14.4 Å². The lowest BCUT2D eigenvalue weighted by Gasteiger charge is -2.35. The SMILES string of the molecule is CC(=O)N1CCc2cc(C(=O)N3CCN(C(=O)CCC4CCCC4)CC3)ccc21. The van der Waals surface area contributed by atoms with E-state index in [9.17, 15) is 14.4 Å². The Balaban J connectivity index is 1.30. The van der Waals surface area contributed by atoms with E-state index in [-0.39, 0.29) is 17.7 Å². The summed E-state index contributed by atoms with van der Waals surface area (Å²) >= 11 is 0. The van der Waals surface area contributed by atoms with Crippen LogP contribution in [0, 0.1) is 5.92 Å². The van der Waals surface area contributed by atoms with Crippen LogP contribution in [0.2, 0.25) is 0 Å². The number of piperazine rings is 1. The highest BCUT2D eigenvalue weighted by Crippen LogP contribution is 2.30. The van der Waals surface area contributed by atoms with E-state index in [1.54, 1.807) is 11.8 Å². The lowest BCUT2D eigenvalue weighted by Crippen LogP contribution is -2.50. The Morgan fingerprint density at radius 3 is 2.34 bits per heavy atom. The molecule has 2 aliphatic heterocycles. The van der Waals surface area contributed by atoms with Gasteiger partial charge in [0.05, 0.1) is 0 Å². The van der Waals surface area contributed by atoms with Crippen LogP contribution in [0.3, 0.4) is 0 Å². The first-order valence-electron chi connectivity index (χ1n) is 11.0. The summed E-state index contributed by atoms with van der Waals surface area (Å²) < 4.78 is 0. The molecule has 0 atom stereocenters. The summed E-state index contributed by atoms with van der Waals surface area (Å²) in [6.07, 6.45) is 7.64. The van der Waals surface area contributed by atoms with E-state index >= 15 is 0 Å². The lowest BCUT2D eigenvalue weighted by molar-refractivity contribution is -0.133. The third kappa shape index (κ3) is 4.31. The first-order valence-corrected chi connectivity index (χ1v) is 11.0. The quantitative estimate of drug-likeness (QED) is 0.785. The third-order valence-electron chi connectivity index (χ3n) is 6.76. The molecule has 6 nitrogen and oxygen atoms in total. The predicted molar refractivity (Wildman–Crippen MR) is 112 cm³/mol. The molecule has 4 rings (SSSR count). The number of hydrogen-bond acceptors (Lipinski definition) is 3. The van der Waals surface area contributed by atoms with Gasteiger partial charge in [0.2, 0.25) is 11.8 Å². The zero-order chi connectivity index (χ0) is 20.4. The topological polar surface area (TPSA) is 60.9 Å². The first-order chi connectivity index (χ1) is 14.0. The summed E-state index contributed by atoms with van der Waals surface area (Å²) in [6, 6.07) is 5.64. The molecular weight excluding hydrogens is 366 g/mol. The summed E-state index contributed by atoms with van der Waals surface area (Å²) in [6.45, 7) is 4.68. The van der Waals surface area contributed by atoms with Crippen molar-refractivity contribution in [2.24, 2.45) is 5.92 Å². The van der Waals surface area contributed by atoms with Crippen LogP contribution in [0.1, 0.15) is 61.4 Å². The molecule has 2 fully saturated rings. The van der Waals surface area contributed by atoms with Gasteiger partial charge in [-0.25, -0.2) is 0 Å². The van der Waals surface area contributed by atoms with Crippen molar-refractivity contribution < 1.29 is 14.4 Å². The Bertz CT molecular complexity index is 793. The van der Waals surface area contributed by atoms with Crippen LogP contribution in [0.25, 0.3) is 0 Å². The molecule has 1 saturated heterocycles. The van der Waals surface area contributed by atoms with E-state index in [1.807, 2.05) is 28.0 Å². The number of amides is 3. The summed E-state index contributed by atoms with van der Waals surface area (Å²) in [5.41, 5.74) is 2.66. The highest BCUT2D eigenvalue weighted by Gasteiger charge is 2.28. The van der Waals surface area contributed by atoms with Crippen molar-refractivity contribution in [3.05, 3.63) is 29.3 Å². The molecule has 0 spiro atoms. The van der Waals surface area contributed by atoms with Crippen LogP contribution in [-0.2, 0) is 16.0 Å². The highest BCUT2D eigenvalue weighted by atomic mass is 16.2. The van der Waals surface area contributed by atoms with Crippen LogP contribution >= 0.6 is 0 Å². The minimum Gasteiger partial charge on any atom is -0.339 e. The van der Waals surface area contributed by atoms with E-state index in [0.717, 1.165) is 30.0 Å². The Hall–Kier alpha value is -2.37. The number of rotatable bonds is 4. The Kier molecular flexibility index (Phi) is 5.88. The maximum absolute atomic E-state index is 12.9. The van der Waals surface area contributed by atoms with E-state index in [0.29, 0.717) is 44.7 Å². The van der Waals surface area contributed by atoms with E-state index in [1.165, 1.54) is 25.7 Å². The van der Waals surface area contributed by atoms with Crippen molar-refractivity contribution >= 4 is 23.4 Å². The van der Waals surface area contributed by atoms with Gasteiger partial charge in [-0.15, -0.1) is 0 Å². The smallest absolute Gasteiger partial charge is 0.253 e. The van der Waals surface area contributed by atoms with E-state index in [2.05, 4.69) is 0 Å². The second-order valence-electron chi connectivity index (χ2n) is 8.63. The lowest BCUT2D eigenvalue weighted by atomic mass is 10.0. The molecule has 29 heavy (non-hydrogen) atoms. The first kappa shape index (κ1) is 19.9. The summed E-state index contributed by atoms with van der Waals surface area (Å²) in [5, 5.41) is 0. The molecule has 0 radical (unpaired) electrons. The molecule has 3 aliphatic rings. The fraction of sp³-hybridized carbons (Fsp3) is 0.609. The largest absolute Gasteiger partial charge is 0.339 e. The fourth-order valence-electron chi connectivity index (χ4n) is 4.99. The van der Waals surface area contributed by atoms with Crippen LogP contribution in [0.4, 0.5) is 5.69 Å².